The third-order valence-electron chi connectivity index (χ3n) is 4.23. The van der Waals surface area contributed by atoms with Gasteiger partial charge in [-0.25, -0.2) is 8.78 Å². The lowest BCUT2D eigenvalue weighted by atomic mass is 9.99. The second kappa shape index (κ2) is 11.0. The van der Waals surface area contributed by atoms with Gasteiger partial charge in [0.15, 0.2) is 5.96 Å². The van der Waals surface area contributed by atoms with Crippen molar-refractivity contribution in [1.29, 1.82) is 0 Å². The van der Waals surface area contributed by atoms with E-state index in [9.17, 15) is 13.6 Å². The van der Waals surface area contributed by atoms with Gasteiger partial charge >= 0.3 is 0 Å². The molecular weight excluding hydrogens is 362 g/mol. The Morgan fingerprint density at radius 3 is 2.11 bits per heavy atom. The molecule has 0 aliphatic heterocycles. The fourth-order valence-electron chi connectivity index (χ4n) is 2.68. The largest absolute Gasteiger partial charge is 0.369 e. The Balaban J connectivity index is 1.92. The predicted octanol–water partition coefficient (Wildman–Crippen LogP) is 2.41. The Kier molecular flexibility index (Phi) is 8.39. The van der Waals surface area contributed by atoms with E-state index in [-0.39, 0.29) is 18.2 Å². The Morgan fingerprint density at radius 2 is 1.57 bits per heavy atom. The molecule has 150 valence electrons. The molecule has 0 aliphatic carbocycles. The zero-order chi connectivity index (χ0) is 20.4. The van der Waals surface area contributed by atoms with E-state index < -0.39 is 11.8 Å². The Hall–Kier alpha value is -2.96. The van der Waals surface area contributed by atoms with Crippen LogP contribution in [0.5, 0.6) is 0 Å². The van der Waals surface area contributed by atoms with Gasteiger partial charge in [0, 0.05) is 13.1 Å². The number of primary amides is 1. The summed E-state index contributed by atoms with van der Waals surface area (Å²) in [5, 5.41) is 6.31. The van der Waals surface area contributed by atoms with Crippen molar-refractivity contribution < 1.29 is 13.6 Å². The van der Waals surface area contributed by atoms with Crippen LogP contribution in [-0.2, 0) is 17.6 Å². The Bertz CT molecular complexity index is 776. The van der Waals surface area contributed by atoms with Gasteiger partial charge in [0.2, 0.25) is 5.91 Å². The molecule has 2 aromatic rings. The first-order valence-electron chi connectivity index (χ1n) is 9.28. The number of rotatable bonds is 9. The molecule has 5 nitrogen and oxygen atoms in total. The van der Waals surface area contributed by atoms with Crippen molar-refractivity contribution in [3.63, 3.8) is 0 Å². The number of nitrogens with two attached hydrogens (primary N) is 1. The van der Waals surface area contributed by atoms with Crippen molar-refractivity contribution in [2.24, 2.45) is 16.6 Å². The van der Waals surface area contributed by atoms with Crippen LogP contribution in [0.3, 0.4) is 0 Å². The maximum Gasteiger partial charge on any atom is 0.222 e. The van der Waals surface area contributed by atoms with Gasteiger partial charge in [-0.05, 0) is 55.2 Å². The first-order valence-corrected chi connectivity index (χ1v) is 9.28. The maximum absolute atomic E-state index is 13.0. The topological polar surface area (TPSA) is 79.5 Å². The smallest absolute Gasteiger partial charge is 0.222 e. The number of carbonyl (C=O) groups excluding carboxylic acids is 1. The molecule has 0 aromatic heterocycles. The van der Waals surface area contributed by atoms with Gasteiger partial charge in [-0.2, -0.15) is 0 Å². The molecule has 28 heavy (non-hydrogen) atoms. The molecular formula is C21H26F2N4O. The molecule has 7 heteroatoms. The van der Waals surface area contributed by atoms with Gasteiger partial charge in [-0.15, -0.1) is 0 Å². The van der Waals surface area contributed by atoms with Crippen LogP contribution in [0, 0.1) is 17.6 Å². The fraction of sp³-hybridized carbons (Fsp3) is 0.333. The second-order valence-electron chi connectivity index (χ2n) is 6.45. The lowest BCUT2D eigenvalue weighted by molar-refractivity contribution is -0.121. The summed E-state index contributed by atoms with van der Waals surface area (Å²) in [6.45, 7) is 3.44. The van der Waals surface area contributed by atoms with Crippen molar-refractivity contribution in [2.45, 2.75) is 19.8 Å². The van der Waals surface area contributed by atoms with Crippen LogP contribution in [0.2, 0.25) is 0 Å². The molecule has 2 rings (SSSR count). The first kappa shape index (κ1) is 21.3. The molecule has 1 amide bonds. The third kappa shape index (κ3) is 7.34. The summed E-state index contributed by atoms with van der Waals surface area (Å²) in [5.74, 6) is -0.939. The normalized spacial score (nSPS) is 12.5. The van der Waals surface area contributed by atoms with E-state index in [1.54, 1.807) is 24.3 Å². The molecule has 0 aliphatic rings. The molecule has 0 spiro atoms. The Labute approximate surface area is 164 Å². The van der Waals surface area contributed by atoms with Gasteiger partial charge in [0.25, 0.3) is 0 Å². The lowest BCUT2D eigenvalue weighted by Crippen LogP contribution is -2.39. The van der Waals surface area contributed by atoms with E-state index in [0.29, 0.717) is 31.9 Å². The lowest BCUT2D eigenvalue weighted by Gasteiger charge is -2.14. The zero-order valence-electron chi connectivity index (χ0n) is 15.9. The zero-order valence-corrected chi connectivity index (χ0v) is 15.9. The van der Waals surface area contributed by atoms with E-state index >= 15 is 0 Å². The van der Waals surface area contributed by atoms with Crippen LogP contribution in [0.1, 0.15) is 18.1 Å². The molecule has 1 unspecified atom stereocenters. The van der Waals surface area contributed by atoms with Gasteiger partial charge in [0.05, 0.1) is 12.5 Å². The molecule has 0 saturated carbocycles. The number of guanidine groups is 1. The molecule has 2 aromatic carbocycles. The second-order valence-corrected chi connectivity index (χ2v) is 6.45. The van der Waals surface area contributed by atoms with Crippen LogP contribution < -0.4 is 16.4 Å². The summed E-state index contributed by atoms with van der Waals surface area (Å²) in [6.07, 6.45) is 1.10. The van der Waals surface area contributed by atoms with Crippen molar-refractivity contribution in [3.05, 3.63) is 71.3 Å². The molecule has 0 fully saturated rings. The van der Waals surface area contributed by atoms with E-state index in [2.05, 4.69) is 15.6 Å². The maximum atomic E-state index is 13.0. The number of benzene rings is 2. The highest BCUT2D eigenvalue weighted by Gasteiger charge is 2.16. The summed E-state index contributed by atoms with van der Waals surface area (Å²) in [4.78, 5) is 16.2. The highest BCUT2D eigenvalue weighted by molar-refractivity contribution is 5.81. The molecule has 0 saturated heterocycles. The van der Waals surface area contributed by atoms with Crippen molar-refractivity contribution in [3.8, 4) is 0 Å². The summed E-state index contributed by atoms with van der Waals surface area (Å²) in [6, 6.07) is 12.3. The summed E-state index contributed by atoms with van der Waals surface area (Å²) < 4.78 is 26.0. The summed E-state index contributed by atoms with van der Waals surface area (Å²) in [5.41, 5.74) is 7.35. The highest BCUT2D eigenvalue weighted by atomic mass is 19.1. The minimum absolute atomic E-state index is 0.221. The molecule has 0 heterocycles. The minimum Gasteiger partial charge on any atom is -0.369 e. The van der Waals surface area contributed by atoms with Crippen LogP contribution in [0.4, 0.5) is 8.78 Å². The SMILES string of the molecule is CCNC(=NCC(Cc1ccc(F)cc1)C(N)=O)NCCc1ccc(F)cc1. The van der Waals surface area contributed by atoms with E-state index in [0.717, 1.165) is 11.1 Å². The van der Waals surface area contributed by atoms with E-state index in [1.165, 1.54) is 24.3 Å². The van der Waals surface area contributed by atoms with Gasteiger partial charge in [-0.3, -0.25) is 9.79 Å². The summed E-state index contributed by atoms with van der Waals surface area (Å²) >= 11 is 0. The van der Waals surface area contributed by atoms with Crippen molar-refractivity contribution in [1.82, 2.24) is 10.6 Å². The number of hydrogen-bond donors (Lipinski definition) is 3. The Morgan fingerprint density at radius 1 is 1.00 bits per heavy atom. The number of nitrogens with zero attached hydrogens (tertiary/aromatic N) is 1. The van der Waals surface area contributed by atoms with Crippen molar-refractivity contribution in [2.75, 3.05) is 19.6 Å². The van der Waals surface area contributed by atoms with Crippen LogP contribution in [0.15, 0.2) is 53.5 Å². The van der Waals surface area contributed by atoms with E-state index in [4.69, 9.17) is 5.73 Å². The monoisotopic (exact) mass is 388 g/mol. The highest BCUT2D eigenvalue weighted by Crippen LogP contribution is 2.10. The van der Waals surface area contributed by atoms with Crippen LogP contribution in [-0.4, -0.2) is 31.5 Å². The molecule has 4 N–H and O–H groups in total. The van der Waals surface area contributed by atoms with Gasteiger partial charge < -0.3 is 16.4 Å². The van der Waals surface area contributed by atoms with Crippen molar-refractivity contribution >= 4 is 11.9 Å². The van der Waals surface area contributed by atoms with Gasteiger partial charge in [-0.1, -0.05) is 24.3 Å². The third-order valence-corrected chi connectivity index (χ3v) is 4.23. The number of aliphatic imine (C=N–C) groups is 1. The summed E-state index contributed by atoms with van der Waals surface area (Å²) in [7, 11) is 0. The average molecular weight is 388 g/mol. The molecule has 1 atom stereocenters. The van der Waals surface area contributed by atoms with E-state index in [1.807, 2.05) is 6.92 Å². The minimum atomic E-state index is -0.488. The average Bonchev–Trinajstić information content (AvgIpc) is 2.67. The number of halogens is 2. The first-order chi connectivity index (χ1) is 13.5. The number of carbonyl (C=O) groups is 1. The number of hydrogen-bond acceptors (Lipinski definition) is 2. The number of nitrogens with one attached hydrogen (secondary N) is 2. The molecule has 0 radical (unpaired) electrons. The van der Waals surface area contributed by atoms with Gasteiger partial charge in [0.1, 0.15) is 11.6 Å². The molecule has 0 bridgehead atoms. The van der Waals surface area contributed by atoms with Crippen LogP contribution >= 0.6 is 0 Å². The standard InChI is InChI=1S/C21H26F2N4O/c1-2-25-21(26-12-11-15-3-7-18(22)8-4-15)27-14-17(20(24)28)13-16-5-9-19(23)10-6-16/h3-10,17H,2,11-14H2,1H3,(H2,24,28)(H2,25,26,27). The number of amides is 1. The van der Waals surface area contributed by atoms with Crippen LogP contribution in [0.25, 0.3) is 0 Å². The predicted molar refractivity (Wildman–Crippen MR) is 107 cm³/mol. The fourth-order valence-corrected chi connectivity index (χ4v) is 2.68. The quantitative estimate of drug-likeness (QED) is 0.456.